The number of ether oxygens (including phenoxy) is 1. The Labute approximate surface area is 117 Å². The lowest BCUT2D eigenvalue weighted by Gasteiger charge is -2.03. The molecule has 0 aliphatic heterocycles. The number of esters is 1. The smallest absolute Gasteiger partial charge is 0.309 e. The topological polar surface area (TPSA) is 82.5 Å². The summed E-state index contributed by atoms with van der Waals surface area (Å²) in [5.41, 5.74) is 8.88. The number of anilines is 1. The van der Waals surface area contributed by atoms with Crippen LogP contribution < -0.4 is 11.2 Å². The van der Waals surface area contributed by atoms with Gasteiger partial charge in [0.2, 0.25) is 0 Å². The molecule has 6 nitrogen and oxygen atoms in total. The van der Waals surface area contributed by atoms with Crippen molar-refractivity contribution in [2.24, 2.45) is 11.8 Å². The van der Waals surface area contributed by atoms with E-state index in [1.165, 1.54) is 6.33 Å². The van der Waals surface area contributed by atoms with Crippen molar-refractivity contribution in [3.05, 3.63) is 18.1 Å². The van der Waals surface area contributed by atoms with Crippen LogP contribution in [0.25, 0.3) is 5.52 Å². The van der Waals surface area contributed by atoms with E-state index in [0.29, 0.717) is 18.3 Å². The molecule has 3 rings (SSSR count). The van der Waals surface area contributed by atoms with Gasteiger partial charge >= 0.3 is 5.97 Å². The van der Waals surface area contributed by atoms with Crippen molar-refractivity contribution in [2.45, 2.75) is 19.8 Å². The highest BCUT2D eigenvalue weighted by atomic mass is 16.5. The Morgan fingerprint density at radius 2 is 2.45 bits per heavy atom. The first-order valence-electron chi connectivity index (χ1n) is 6.86. The minimum absolute atomic E-state index is 0.0417. The molecule has 7 heteroatoms. The Hall–Kier alpha value is -2.05. The molecule has 2 N–H and O–H groups in total. The van der Waals surface area contributed by atoms with Gasteiger partial charge in [-0.15, -0.1) is 0 Å². The summed E-state index contributed by atoms with van der Waals surface area (Å²) >= 11 is 0. The normalized spacial score (nSPS) is 21.1. The highest BCUT2D eigenvalue weighted by molar-refractivity contribution is 6.37. The molecule has 0 amide bonds. The Morgan fingerprint density at radius 1 is 1.65 bits per heavy atom. The van der Waals surface area contributed by atoms with E-state index in [2.05, 4.69) is 16.1 Å². The molecule has 1 saturated carbocycles. The number of nitrogens with two attached hydrogens (primary N) is 1. The predicted molar refractivity (Wildman–Crippen MR) is 77.5 cm³/mol. The fraction of sp³-hybridized carbons (Fsp3) is 0.462. The van der Waals surface area contributed by atoms with Crippen LogP contribution >= 0.6 is 0 Å². The zero-order valence-electron chi connectivity index (χ0n) is 11.7. The van der Waals surface area contributed by atoms with Gasteiger partial charge in [-0.3, -0.25) is 4.79 Å². The van der Waals surface area contributed by atoms with Gasteiger partial charge in [0, 0.05) is 5.69 Å². The monoisotopic (exact) mass is 272 g/mol. The molecule has 0 aromatic carbocycles. The fourth-order valence-electron chi connectivity index (χ4n) is 2.76. The summed E-state index contributed by atoms with van der Waals surface area (Å²) in [6.45, 7) is 2.28. The predicted octanol–water partition coefficient (Wildman–Crippen LogP) is -0.688. The van der Waals surface area contributed by atoms with Gasteiger partial charge in [0.15, 0.2) is 5.82 Å². The zero-order chi connectivity index (χ0) is 14.3. The Morgan fingerprint density at radius 3 is 3.20 bits per heavy atom. The van der Waals surface area contributed by atoms with E-state index in [1.807, 2.05) is 19.3 Å². The summed E-state index contributed by atoms with van der Waals surface area (Å²) in [6, 6.07) is 2.07. The molecule has 0 spiro atoms. The van der Waals surface area contributed by atoms with Crippen LogP contribution in [0.15, 0.2) is 12.4 Å². The van der Waals surface area contributed by atoms with Gasteiger partial charge in [0.25, 0.3) is 0 Å². The summed E-state index contributed by atoms with van der Waals surface area (Å²) in [4.78, 5) is 15.7. The summed E-state index contributed by atoms with van der Waals surface area (Å²) in [5, 5.41) is 4.26. The van der Waals surface area contributed by atoms with Crippen molar-refractivity contribution in [2.75, 3.05) is 12.3 Å². The lowest BCUT2D eigenvalue weighted by atomic mass is 9.97. The van der Waals surface area contributed by atoms with Crippen molar-refractivity contribution < 1.29 is 9.53 Å². The number of aromatic nitrogens is 3. The van der Waals surface area contributed by atoms with E-state index in [9.17, 15) is 4.79 Å². The number of hydrogen-bond donors (Lipinski definition) is 1. The Balaban J connectivity index is 1.80. The van der Waals surface area contributed by atoms with E-state index in [0.717, 1.165) is 29.5 Å². The SMILES string of the molecule is Bc1cc(CC2CC2C(=O)OCC)n2ncnc(N)c12. The van der Waals surface area contributed by atoms with E-state index in [1.54, 1.807) is 0 Å². The average Bonchev–Trinajstić information content (AvgIpc) is 3.09. The van der Waals surface area contributed by atoms with Gasteiger partial charge in [0.05, 0.1) is 12.5 Å². The minimum atomic E-state index is -0.0794. The number of rotatable bonds is 4. The van der Waals surface area contributed by atoms with E-state index >= 15 is 0 Å². The molecule has 2 heterocycles. The highest BCUT2D eigenvalue weighted by Crippen LogP contribution is 2.42. The number of hydrogen-bond acceptors (Lipinski definition) is 5. The third kappa shape index (κ3) is 2.13. The molecule has 1 fully saturated rings. The first-order valence-corrected chi connectivity index (χ1v) is 6.86. The molecule has 2 unspecified atom stereocenters. The van der Waals surface area contributed by atoms with Crippen LogP contribution in [0.3, 0.4) is 0 Å². The second kappa shape index (κ2) is 4.81. The van der Waals surface area contributed by atoms with Gasteiger partial charge in [-0.1, -0.05) is 5.46 Å². The molecule has 1 aliphatic rings. The van der Waals surface area contributed by atoms with Crippen molar-refractivity contribution in [1.29, 1.82) is 0 Å². The molecular weight excluding hydrogens is 255 g/mol. The number of fused-ring (bicyclic) bond motifs is 1. The van der Waals surface area contributed by atoms with E-state index in [-0.39, 0.29) is 11.9 Å². The van der Waals surface area contributed by atoms with E-state index in [4.69, 9.17) is 10.5 Å². The van der Waals surface area contributed by atoms with Crippen molar-refractivity contribution >= 4 is 30.6 Å². The average molecular weight is 272 g/mol. The van der Waals surface area contributed by atoms with Crippen molar-refractivity contribution in [3.63, 3.8) is 0 Å². The van der Waals surface area contributed by atoms with Crippen LogP contribution in [0.1, 0.15) is 19.0 Å². The number of carbonyl (C=O) groups is 1. The largest absolute Gasteiger partial charge is 0.466 e. The first kappa shape index (κ1) is 13.0. The van der Waals surface area contributed by atoms with Gasteiger partial charge in [-0.2, -0.15) is 5.10 Å². The number of nitrogens with zero attached hydrogens (tertiary/aromatic N) is 3. The van der Waals surface area contributed by atoms with Gasteiger partial charge in [-0.05, 0) is 31.7 Å². The van der Waals surface area contributed by atoms with Crippen LogP contribution in [0, 0.1) is 11.8 Å². The van der Waals surface area contributed by atoms with Crippen LogP contribution in [0.5, 0.6) is 0 Å². The van der Waals surface area contributed by atoms with Crippen LogP contribution in [0.2, 0.25) is 0 Å². The molecule has 20 heavy (non-hydrogen) atoms. The van der Waals surface area contributed by atoms with Gasteiger partial charge in [0.1, 0.15) is 19.7 Å². The molecule has 2 aromatic heterocycles. The molecule has 104 valence electrons. The summed E-state index contributed by atoms with van der Waals surface area (Å²) in [5.74, 6) is 0.799. The second-order valence-corrected chi connectivity index (χ2v) is 5.28. The second-order valence-electron chi connectivity index (χ2n) is 5.28. The zero-order valence-corrected chi connectivity index (χ0v) is 11.7. The van der Waals surface area contributed by atoms with Gasteiger partial charge < -0.3 is 10.5 Å². The summed E-state index contributed by atoms with van der Waals surface area (Å²) in [6.07, 6.45) is 3.17. The first-order chi connectivity index (χ1) is 9.61. The lowest BCUT2D eigenvalue weighted by Crippen LogP contribution is -2.09. The summed E-state index contributed by atoms with van der Waals surface area (Å²) in [7, 11) is 1.99. The van der Waals surface area contributed by atoms with E-state index < -0.39 is 0 Å². The number of carbonyl (C=O) groups excluding carboxylic acids is 1. The van der Waals surface area contributed by atoms with Crippen LogP contribution in [-0.4, -0.2) is 35.0 Å². The maximum Gasteiger partial charge on any atom is 0.309 e. The molecular formula is C13H17BN4O2. The van der Waals surface area contributed by atoms with Crippen LogP contribution in [-0.2, 0) is 16.0 Å². The maximum absolute atomic E-state index is 11.7. The highest BCUT2D eigenvalue weighted by Gasteiger charge is 2.44. The standard InChI is InChI=1S/C13H17BN4O2/c1-2-20-13(19)9-4-7(9)3-8-5-10(14)11-12(15)16-6-17-18(8)11/h5-7,9H,2-4,14H2,1H3,(H2,15,16,17). The molecule has 0 saturated heterocycles. The van der Waals surface area contributed by atoms with Gasteiger partial charge in [-0.25, -0.2) is 9.50 Å². The molecule has 0 radical (unpaired) electrons. The molecule has 2 atom stereocenters. The van der Waals surface area contributed by atoms with Crippen molar-refractivity contribution in [1.82, 2.24) is 14.6 Å². The molecule has 1 aliphatic carbocycles. The minimum Gasteiger partial charge on any atom is -0.466 e. The fourth-order valence-corrected chi connectivity index (χ4v) is 2.76. The number of nitrogen functional groups attached to an aromatic ring is 1. The maximum atomic E-state index is 11.7. The van der Waals surface area contributed by atoms with Crippen molar-refractivity contribution in [3.8, 4) is 0 Å². The van der Waals surface area contributed by atoms with Crippen LogP contribution in [0.4, 0.5) is 5.82 Å². The third-order valence-electron chi connectivity index (χ3n) is 3.83. The molecule has 0 bridgehead atoms. The Bertz CT molecular complexity index is 670. The Kier molecular flexibility index (Phi) is 3.12. The lowest BCUT2D eigenvalue weighted by molar-refractivity contribution is -0.145. The quantitative estimate of drug-likeness (QED) is 0.588. The molecule has 2 aromatic rings. The third-order valence-corrected chi connectivity index (χ3v) is 3.83. The summed E-state index contributed by atoms with van der Waals surface area (Å²) < 4.78 is 6.89.